The number of nitrogens with one attached hydrogen (secondary N) is 4. The molecule has 2 heterocycles. The lowest BCUT2D eigenvalue weighted by molar-refractivity contribution is 0.0935. The third kappa shape index (κ3) is 3.53. The Labute approximate surface area is 137 Å². The number of benzene rings is 1. The molecule has 0 unspecified atom stereocenters. The summed E-state index contributed by atoms with van der Waals surface area (Å²) in [6.45, 7) is 0. The van der Waals surface area contributed by atoms with Crippen molar-refractivity contribution in [3.63, 3.8) is 0 Å². The SMILES string of the molecule is Nc1c(NNC(=O)c2ccco2)ncnc1NNc1ccccc1. The highest BCUT2D eigenvalue weighted by molar-refractivity contribution is 5.92. The predicted octanol–water partition coefficient (Wildman–Crippen LogP) is 1.85. The number of hydrogen-bond donors (Lipinski definition) is 5. The van der Waals surface area contributed by atoms with Crippen LogP contribution >= 0.6 is 0 Å². The number of furan rings is 1. The van der Waals surface area contributed by atoms with Crippen molar-refractivity contribution in [1.82, 2.24) is 15.4 Å². The molecule has 24 heavy (non-hydrogen) atoms. The molecule has 6 N–H and O–H groups in total. The summed E-state index contributed by atoms with van der Waals surface area (Å²) in [6.07, 6.45) is 2.72. The quantitative estimate of drug-likeness (QED) is 0.434. The van der Waals surface area contributed by atoms with Gasteiger partial charge in [0.15, 0.2) is 17.4 Å². The molecular weight excluding hydrogens is 310 g/mol. The lowest BCUT2D eigenvalue weighted by atomic mass is 10.3. The molecular formula is C15H15N7O2. The van der Waals surface area contributed by atoms with E-state index >= 15 is 0 Å². The van der Waals surface area contributed by atoms with Gasteiger partial charge in [-0.05, 0) is 24.3 Å². The number of nitrogen functional groups attached to an aromatic ring is 1. The number of para-hydroxylation sites is 1. The zero-order valence-electron chi connectivity index (χ0n) is 12.5. The number of nitrogens with two attached hydrogens (primary N) is 1. The molecule has 0 spiro atoms. The predicted molar refractivity (Wildman–Crippen MR) is 89.9 cm³/mol. The van der Waals surface area contributed by atoms with Gasteiger partial charge in [0.05, 0.1) is 12.0 Å². The van der Waals surface area contributed by atoms with E-state index in [1.165, 1.54) is 18.7 Å². The van der Waals surface area contributed by atoms with Crippen LogP contribution in [0.25, 0.3) is 0 Å². The molecule has 9 heteroatoms. The molecule has 1 amide bonds. The van der Waals surface area contributed by atoms with Crippen molar-refractivity contribution in [3.05, 3.63) is 60.8 Å². The Hall–Kier alpha value is -3.75. The third-order valence-electron chi connectivity index (χ3n) is 3.02. The van der Waals surface area contributed by atoms with Gasteiger partial charge in [-0.25, -0.2) is 9.97 Å². The number of carbonyl (C=O) groups is 1. The van der Waals surface area contributed by atoms with Crippen molar-refractivity contribution in [3.8, 4) is 0 Å². The smallest absolute Gasteiger partial charge is 0.305 e. The number of carbonyl (C=O) groups excluding carboxylic acids is 1. The number of nitrogens with zero attached hydrogens (tertiary/aromatic N) is 2. The highest BCUT2D eigenvalue weighted by atomic mass is 16.3. The first kappa shape index (κ1) is 15.2. The summed E-state index contributed by atoms with van der Waals surface area (Å²) in [7, 11) is 0. The normalized spacial score (nSPS) is 10.0. The number of hydrogen-bond acceptors (Lipinski definition) is 8. The number of amides is 1. The number of aromatic nitrogens is 2. The molecule has 0 aliphatic heterocycles. The van der Waals surface area contributed by atoms with Crippen LogP contribution in [0.4, 0.5) is 23.0 Å². The minimum atomic E-state index is -0.449. The number of rotatable bonds is 6. The van der Waals surface area contributed by atoms with Gasteiger partial charge in [0, 0.05) is 0 Å². The summed E-state index contributed by atoms with van der Waals surface area (Å²) in [4.78, 5) is 19.8. The minimum Gasteiger partial charge on any atom is -0.459 e. The van der Waals surface area contributed by atoms with E-state index in [2.05, 4.69) is 31.7 Å². The largest absolute Gasteiger partial charge is 0.459 e. The van der Waals surface area contributed by atoms with Crippen molar-refractivity contribution in [2.45, 2.75) is 0 Å². The van der Waals surface area contributed by atoms with Gasteiger partial charge in [0.25, 0.3) is 0 Å². The van der Waals surface area contributed by atoms with Gasteiger partial charge in [0.2, 0.25) is 0 Å². The third-order valence-corrected chi connectivity index (χ3v) is 3.02. The number of anilines is 4. The average Bonchev–Trinajstić information content (AvgIpc) is 3.15. The van der Waals surface area contributed by atoms with E-state index < -0.39 is 5.91 Å². The van der Waals surface area contributed by atoms with Gasteiger partial charge in [-0.1, -0.05) is 18.2 Å². The highest BCUT2D eigenvalue weighted by Crippen LogP contribution is 2.21. The molecule has 0 saturated heterocycles. The van der Waals surface area contributed by atoms with E-state index in [9.17, 15) is 4.79 Å². The summed E-state index contributed by atoms with van der Waals surface area (Å²) in [6, 6.07) is 12.6. The van der Waals surface area contributed by atoms with E-state index in [1.807, 2.05) is 30.3 Å². The van der Waals surface area contributed by atoms with Crippen molar-refractivity contribution in [2.24, 2.45) is 0 Å². The molecule has 1 aromatic carbocycles. The highest BCUT2D eigenvalue weighted by Gasteiger charge is 2.11. The molecule has 0 saturated carbocycles. The molecule has 3 rings (SSSR count). The molecule has 9 nitrogen and oxygen atoms in total. The molecule has 0 aliphatic carbocycles. The van der Waals surface area contributed by atoms with E-state index in [1.54, 1.807) is 6.07 Å². The summed E-state index contributed by atoms with van der Waals surface area (Å²) < 4.78 is 4.99. The molecule has 0 atom stereocenters. The molecule has 0 fully saturated rings. The van der Waals surface area contributed by atoms with Crippen molar-refractivity contribution < 1.29 is 9.21 Å². The Balaban J connectivity index is 1.63. The van der Waals surface area contributed by atoms with Gasteiger partial charge >= 0.3 is 5.91 Å². The van der Waals surface area contributed by atoms with Crippen LogP contribution in [0.1, 0.15) is 10.6 Å². The van der Waals surface area contributed by atoms with Crippen LogP contribution in [0.2, 0.25) is 0 Å². The molecule has 0 radical (unpaired) electrons. The molecule has 3 aromatic rings. The van der Waals surface area contributed by atoms with Crippen LogP contribution in [-0.4, -0.2) is 15.9 Å². The second-order valence-electron chi connectivity index (χ2n) is 4.66. The van der Waals surface area contributed by atoms with Gasteiger partial charge in [-0.3, -0.25) is 26.5 Å². The number of hydrazine groups is 2. The van der Waals surface area contributed by atoms with E-state index in [0.717, 1.165) is 5.69 Å². The van der Waals surface area contributed by atoms with Gasteiger partial charge in [-0.2, -0.15) is 0 Å². The van der Waals surface area contributed by atoms with Crippen LogP contribution in [0.5, 0.6) is 0 Å². The molecule has 122 valence electrons. The van der Waals surface area contributed by atoms with Crippen molar-refractivity contribution >= 4 is 28.9 Å². The molecule has 2 aromatic heterocycles. The maximum Gasteiger partial charge on any atom is 0.305 e. The van der Waals surface area contributed by atoms with Crippen molar-refractivity contribution in [1.29, 1.82) is 0 Å². The second kappa shape index (κ2) is 7.01. The summed E-state index contributed by atoms with van der Waals surface area (Å²) in [5.41, 5.74) is 18.0. The first-order chi connectivity index (χ1) is 11.7. The fourth-order valence-electron chi connectivity index (χ4n) is 1.83. The fraction of sp³-hybridized carbons (Fsp3) is 0. The summed E-state index contributed by atoms with van der Waals surface area (Å²) >= 11 is 0. The second-order valence-corrected chi connectivity index (χ2v) is 4.66. The standard InChI is InChI=1S/C15H15N7O2/c16-12-13(20-19-10-5-2-1-3-6-10)17-9-18-14(12)21-22-15(23)11-7-4-8-24-11/h1-9,19H,16H2,(H,22,23)(H2,17,18,20,21). The Kier molecular flexibility index (Phi) is 4.43. The zero-order chi connectivity index (χ0) is 16.8. The first-order valence-corrected chi connectivity index (χ1v) is 7.01. The zero-order valence-corrected chi connectivity index (χ0v) is 12.5. The van der Waals surface area contributed by atoms with Crippen LogP contribution in [0, 0.1) is 0 Å². The van der Waals surface area contributed by atoms with E-state index in [0.29, 0.717) is 5.82 Å². The van der Waals surface area contributed by atoms with Gasteiger partial charge in [-0.15, -0.1) is 0 Å². The maximum atomic E-state index is 11.8. The Morgan fingerprint density at radius 1 is 0.958 bits per heavy atom. The fourth-order valence-corrected chi connectivity index (χ4v) is 1.83. The van der Waals surface area contributed by atoms with Gasteiger partial charge in [0.1, 0.15) is 12.0 Å². The monoisotopic (exact) mass is 325 g/mol. The summed E-state index contributed by atoms with van der Waals surface area (Å²) in [5.74, 6) is 0.333. The van der Waals surface area contributed by atoms with E-state index in [4.69, 9.17) is 10.2 Å². The first-order valence-electron chi connectivity index (χ1n) is 7.01. The minimum absolute atomic E-state index is 0.166. The van der Waals surface area contributed by atoms with Crippen LogP contribution in [-0.2, 0) is 0 Å². The molecule has 0 bridgehead atoms. The van der Waals surface area contributed by atoms with Crippen LogP contribution in [0.15, 0.2) is 59.5 Å². The van der Waals surface area contributed by atoms with Crippen molar-refractivity contribution in [2.75, 3.05) is 22.0 Å². The van der Waals surface area contributed by atoms with Crippen LogP contribution in [0.3, 0.4) is 0 Å². The Morgan fingerprint density at radius 3 is 2.42 bits per heavy atom. The van der Waals surface area contributed by atoms with Crippen LogP contribution < -0.4 is 27.4 Å². The average molecular weight is 325 g/mol. The van der Waals surface area contributed by atoms with Gasteiger partial charge < -0.3 is 10.2 Å². The topological polar surface area (TPSA) is 130 Å². The summed E-state index contributed by atoms with van der Waals surface area (Å²) in [5, 5.41) is 0. The van der Waals surface area contributed by atoms with E-state index in [-0.39, 0.29) is 17.3 Å². The Bertz CT molecular complexity index is 806. The maximum absolute atomic E-state index is 11.8. The lowest BCUT2D eigenvalue weighted by Gasteiger charge is -2.13. The Morgan fingerprint density at radius 2 is 1.71 bits per heavy atom. The lowest BCUT2D eigenvalue weighted by Crippen LogP contribution is -2.30. The molecule has 0 aliphatic rings.